The molecule has 182 valence electrons. The zero-order valence-corrected chi connectivity index (χ0v) is 20.4. The van der Waals surface area contributed by atoms with Gasteiger partial charge in [0, 0.05) is 45.7 Å². The summed E-state index contributed by atoms with van der Waals surface area (Å²) in [6.45, 7) is 7.29. The molecule has 0 saturated carbocycles. The molecule has 8 heteroatoms. The third-order valence-corrected chi connectivity index (χ3v) is 6.61. The summed E-state index contributed by atoms with van der Waals surface area (Å²) in [6.07, 6.45) is 0.668. The number of ether oxygens (including phenoxy) is 1. The second-order valence-corrected chi connectivity index (χ2v) is 9.28. The van der Waals surface area contributed by atoms with E-state index in [9.17, 15) is 4.79 Å². The van der Waals surface area contributed by atoms with Crippen LogP contribution in [-0.4, -0.2) is 65.6 Å². The Balaban J connectivity index is 1.38. The van der Waals surface area contributed by atoms with Crippen molar-refractivity contribution in [3.63, 3.8) is 0 Å². The summed E-state index contributed by atoms with van der Waals surface area (Å²) >= 11 is 0. The maximum absolute atomic E-state index is 13.0. The molecule has 2 aromatic carbocycles. The van der Waals surface area contributed by atoms with E-state index in [1.165, 1.54) is 5.56 Å². The summed E-state index contributed by atoms with van der Waals surface area (Å²) in [5, 5.41) is 3.03. The largest absolute Gasteiger partial charge is 0.438 e. The van der Waals surface area contributed by atoms with Gasteiger partial charge in [0.15, 0.2) is 0 Å². The molecule has 3 heterocycles. The lowest BCUT2D eigenvalue weighted by Gasteiger charge is -2.34. The molecule has 0 unspecified atom stereocenters. The van der Waals surface area contributed by atoms with Crippen LogP contribution in [0.1, 0.15) is 22.4 Å². The quantitative estimate of drug-likeness (QED) is 0.612. The minimum Gasteiger partial charge on any atom is -0.438 e. The van der Waals surface area contributed by atoms with Crippen molar-refractivity contribution in [1.82, 2.24) is 25.1 Å². The van der Waals surface area contributed by atoms with Gasteiger partial charge in [-0.2, -0.15) is 4.98 Å². The first kappa shape index (κ1) is 23.1. The van der Waals surface area contributed by atoms with Crippen molar-refractivity contribution >= 4 is 12.0 Å². The predicted molar refractivity (Wildman–Crippen MR) is 136 cm³/mol. The minimum atomic E-state index is -0.0936. The Labute approximate surface area is 206 Å². The number of aromatic nitrogens is 2. The highest BCUT2D eigenvalue weighted by molar-refractivity contribution is 5.74. The standard InChI is InChI=1S/C27H32N6O2/c1-20-8-10-22(11-9-20)35-25-23-19-33(27(34)28-18-21-6-4-3-5-7-21)13-12-24(23)29-26(30-25)32-16-14-31(2)15-17-32/h3-11H,12-19H2,1-2H3,(H,28,34). The van der Waals surface area contributed by atoms with Crippen LogP contribution in [0, 0.1) is 6.92 Å². The first-order chi connectivity index (χ1) is 17.0. The Morgan fingerprint density at radius 1 is 0.971 bits per heavy atom. The van der Waals surface area contributed by atoms with E-state index >= 15 is 0 Å². The van der Waals surface area contributed by atoms with Crippen LogP contribution in [0.5, 0.6) is 11.6 Å². The Kier molecular flexibility index (Phi) is 6.81. The molecule has 0 radical (unpaired) electrons. The molecule has 2 aliphatic heterocycles. The molecule has 0 spiro atoms. The number of piperazine rings is 1. The number of carbonyl (C=O) groups excluding carboxylic acids is 1. The molecule has 1 N–H and O–H groups in total. The number of anilines is 1. The molecule has 0 atom stereocenters. The monoisotopic (exact) mass is 472 g/mol. The first-order valence-electron chi connectivity index (χ1n) is 12.2. The molecule has 1 saturated heterocycles. The number of nitrogens with one attached hydrogen (secondary N) is 1. The zero-order valence-electron chi connectivity index (χ0n) is 20.4. The Hall–Kier alpha value is -3.65. The predicted octanol–water partition coefficient (Wildman–Crippen LogP) is 3.60. The summed E-state index contributed by atoms with van der Waals surface area (Å²) in [5.74, 6) is 1.97. The summed E-state index contributed by atoms with van der Waals surface area (Å²) in [5.41, 5.74) is 4.08. The molecular weight excluding hydrogens is 440 g/mol. The van der Waals surface area contributed by atoms with Crippen molar-refractivity contribution in [3.05, 3.63) is 77.0 Å². The van der Waals surface area contributed by atoms with Gasteiger partial charge in [-0.1, -0.05) is 48.0 Å². The van der Waals surface area contributed by atoms with Crippen LogP contribution in [0.25, 0.3) is 0 Å². The highest BCUT2D eigenvalue weighted by Crippen LogP contribution is 2.31. The molecular formula is C27H32N6O2. The van der Waals surface area contributed by atoms with Crippen LogP contribution in [0.3, 0.4) is 0 Å². The number of amides is 2. The van der Waals surface area contributed by atoms with Gasteiger partial charge in [-0.3, -0.25) is 0 Å². The van der Waals surface area contributed by atoms with Gasteiger partial charge < -0.3 is 24.8 Å². The molecule has 0 bridgehead atoms. The van der Waals surface area contributed by atoms with E-state index in [2.05, 4.69) is 22.2 Å². The van der Waals surface area contributed by atoms with Crippen LogP contribution in [0.15, 0.2) is 54.6 Å². The fraction of sp³-hybridized carbons (Fsp3) is 0.370. The summed E-state index contributed by atoms with van der Waals surface area (Å²) in [4.78, 5) is 29.1. The number of benzene rings is 2. The number of fused-ring (bicyclic) bond motifs is 1. The summed E-state index contributed by atoms with van der Waals surface area (Å²) in [6, 6.07) is 17.8. The first-order valence-corrected chi connectivity index (χ1v) is 12.2. The Morgan fingerprint density at radius 3 is 2.46 bits per heavy atom. The lowest BCUT2D eigenvalue weighted by Crippen LogP contribution is -2.46. The average molecular weight is 473 g/mol. The van der Waals surface area contributed by atoms with E-state index in [-0.39, 0.29) is 6.03 Å². The number of carbonyl (C=O) groups is 1. The van der Waals surface area contributed by atoms with Crippen molar-refractivity contribution in [3.8, 4) is 11.6 Å². The van der Waals surface area contributed by atoms with Gasteiger partial charge in [-0.05, 0) is 31.7 Å². The smallest absolute Gasteiger partial charge is 0.317 e. The SMILES string of the molecule is Cc1ccc(Oc2nc(N3CCN(C)CC3)nc3c2CN(C(=O)NCc2ccccc2)CC3)cc1. The van der Waals surface area contributed by atoms with Gasteiger partial charge in [0.1, 0.15) is 5.75 Å². The fourth-order valence-electron chi connectivity index (χ4n) is 4.38. The maximum atomic E-state index is 13.0. The Bertz CT molecular complexity index is 1160. The molecule has 2 amide bonds. The molecule has 5 rings (SSSR count). The van der Waals surface area contributed by atoms with Crippen molar-refractivity contribution in [2.75, 3.05) is 44.7 Å². The number of urea groups is 1. The number of aryl methyl sites for hydroxylation is 1. The molecule has 2 aliphatic rings. The van der Waals surface area contributed by atoms with Crippen LogP contribution in [-0.2, 0) is 19.5 Å². The van der Waals surface area contributed by atoms with Gasteiger partial charge in [0.25, 0.3) is 0 Å². The fourth-order valence-corrected chi connectivity index (χ4v) is 4.38. The number of rotatable bonds is 5. The van der Waals surface area contributed by atoms with Crippen LogP contribution < -0.4 is 15.0 Å². The lowest BCUT2D eigenvalue weighted by atomic mass is 10.1. The zero-order chi connectivity index (χ0) is 24.2. The molecule has 3 aromatic rings. The van der Waals surface area contributed by atoms with Crippen LogP contribution >= 0.6 is 0 Å². The van der Waals surface area contributed by atoms with E-state index in [1.807, 2.05) is 66.4 Å². The van der Waals surface area contributed by atoms with Gasteiger partial charge in [-0.15, -0.1) is 0 Å². The average Bonchev–Trinajstić information content (AvgIpc) is 2.89. The maximum Gasteiger partial charge on any atom is 0.317 e. The minimum absolute atomic E-state index is 0.0936. The number of hydrogen-bond donors (Lipinski definition) is 1. The van der Waals surface area contributed by atoms with E-state index in [1.54, 1.807) is 0 Å². The van der Waals surface area contributed by atoms with E-state index in [4.69, 9.17) is 14.7 Å². The molecule has 8 nitrogen and oxygen atoms in total. The molecule has 1 fully saturated rings. The van der Waals surface area contributed by atoms with Crippen molar-refractivity contribution in [2.45, 2.75) is 26.4 Å². The summed E-state index contributed by atoms with van der Waals surface area (Å²) in [7, 11) is 2.13. The third-order valence-electron chi connectivity index (χ3n) is 6.61. The van der Waals surface area contributed by atoms with Gasteiger partial charge in [-0.25, -0.2) is 9.78 Å². The van der Waals surface area contributed by atoms with Gasteiger partial charge in [0.05, 0.1) is 17.8 Å². The van der Waals surface area contributed by atoms with E-state index in [0.717, 1.165) is 48.7 Å². The van der Waals surface area contributed by atoms with Crippen molar-refractivity contribution in [1.29, 1.82) is 0 Å². The third kappa shape index (κ3) is 5.54. The highest BCUT2D eigenvalue weighted by atomic mass is 16.5. The van der Waals surface area contributed by atoms with Crippen molar-refractivity contribution < 1.29 is 9.53 Å². The number of likely N-dealkylation sites (N-methyl/N-ethyl adjacent to an activating group) is 1. The Morgan fingerprint density at radius 2 is 1.71 bits per heavy atom. The van der Waals surface area contributed by atoms with Crippen LogP contribution in [0.2, 0.25) is 0 Å². The highest BCUT2D eigenvalue weighted by Gasteiger charge is 2.28. The number of nitrogens with zero attached hydrogens (tertiary/aromatic N) is 5. The molecule has 0 aliphatic carbocycles. The normalized spacial score (nSPS) is 16.1. The van der Waals surface area contributed by atoms with Gasteiger partial charge in [0.2, 0.25) is 11.8 Å². The number of hydrogen-bond acceptors (Lipinski definition) is 6. The van der Waals surface area contributed by atoms with Gasteiger partial charge >= 0.3 is 6.03 Å². The second kappa shape index (κ2) is 10.3. The van der Waals surface area contributed by atoms with Crippen LogP contribution in [0.4, 0.5) is 10.7 Å². The lowest BCUT2D eigenvalue weighted by molar-refractivity contribution is 0.190. The second-order valence-electron chi connectivity index (χ2n) is 9.28. The summed E-state index contributed by atoms with van der Waals surface area (Å²) < 4.78 is 6.30. The molecule has 1 aromatic heterocycles. The molecule has 35 heavy (non-hydrogen) atoms. The van der Waals surface area contributed by atoms with E-state index < -0.39 is 0 Å². The van der Waals surface area contributed by atoms with E-state index in [0.29, 0.717) is 37.9 Å². The topological polar surface area (TPSA) is 73.8 Å². The van der Waals surface area contributed by atoms with Crippen molar-refractivity contribution in [2.24, 2.45) is 0 Å².